The van der Waals surface area contributed by atoms with Crippen molar-refractivity contribution in [1.82, 2.24) is 9.80 Å². The Labute approximate surface area is 235 Å². The predicted molar refractivity (Wildman–Crippen MR) is 143 cm³/mol. The van der Waals surface area contributed by atoms with E-state index in [4.69, 9.17) is 0 Å². The number of benzene rings is 2. The summed E-state index contributed by atoms with van der Waals surface area (Å²) in [5.74, 6) is -2.04. The summed E-state index contributed by atoms with van der Waals surface area (Å²) in [6.07, 6.45) is -8.55. The summed E-state index contributed by atoms with van der Waals surface area (Å²) in [7, 11) is 0. The molecule has 14 heteroatoms. The first-order chi connectivity index (χ1) is 19.3. The Morgan fingerprint density at radius 3 is 1.37 bits per heavy atom. The third-order valence-corrected chi connectivity index (χ3v) is 6.82. The van der Waals surface area contributed by atoms with Gasteiger partial charge in [-0.15, -0.1) is 26.3 Å². The molecule has 0 aliphatic carbocycles. The van der Waals surface area contributed by atoms with E-state index < -0.39 is 35.7 Å². The van der Waals surface area contributed by atoms with E-state index in [0.717, 1.165) is 57.8 Å². The van der Waals surface area contributed by atoms with Gasteiger partial charge in [-0.25, -0.2) is 0 Å². The minimum Gasteiger partial charge on any atom is -0.503 e. The molecule has 2 aliphatic rings. The molecule has 41 heavy (non-hydrogen) atoms. The van der Waals surface area contributed by atoms with Crippen LogP contribution in [0.4, 0.5) is 37.7 Å². The van der Waals surface area contributed by atoms with Gasteiger partial charge in [0.25, 0.3) is 0 Å². The minimum atomic E-state index is -4.81. The standard InChI is InChI=1S/C14H19F3N2O2.C13H17F3N2O2/c1-2-6-18-7-9-19(10-8-18)11-4-3-5-12(13(11)20)21-14(15,16)17;1-2-17-6-8-18(9-7-17)10-4-3-5-11(12(10)19)20-13(14,15)16/h3-5,20H,2,6-10H2,1H3;3-5,19H,2,6-9H2,1H3. The molecular formula is C27H36F6N4O4. The van der Waals surface area contributed by atoms with Gasteiger partial charge in [-0.1, -0.05) is 26.0 Å². The van der Waals surface area contributed by atoms with E-state index in [1.807, 2.05) is 9.80 Å². The van der Waals surface area contributed by atoms with Crippen molar-refractivity contribution < 1.29 is 46.0 Å². The van der Waals surface area contributed by atoms with Gasteiger partial charge in [-0.2, -0.15) is 0 Å². The van der Waals surface area contributed by atoms with Crippen molar-refractivity contribution >= 4 is 11.4 Å². The van der Waals surface area contributed by atoms with E-state index >= 15 is 0 Å². The lowest BCUT2D eigenvalue weighted by Gasteiger charge is -2.36. The zero-order chi connectivity index (χ0) is 30.2. The molecule has 2 aromatic rings. The van der Waals surface area contributed by atoms with Crippen LogP contribution in [-0.2, 0) is 0 Å². The molecule has 0 unspecified atom stereocenters. The largest absolute Gasteiger partial charge is 0.573 e. The predicted octanol–water partition coefficient (Wildman–Crippen LogP) is 5.26. The number of aromatic hydroxyl groups is 2. The number of para-hydroxylation sites is 2. The maximum absolute atomic E-state index is 12.3. The zero-order valence-corrected chi connectivity index (χ0v) is 23.0. The molecule has 0 amide bonds. The Bertz CT molecular complexity index is 1100. The Morgan fingerprint density at radius 2 is 1.02 bits per heavy atom. The van der Waals surface area contributed by atoms with Gasteiger partial charge in [-0.05, 0) is 43.8 Å². The lowest BCUT2D eigenvalue weighted by molar-refractivity contribution is -0.276. The molecule has 0 aromatic heterocycles. The van der Waals surface area contributed by atoms with Crippen molar-refractivity contribution in [2.45, 2.75) is 33.0 Å². The molecule has 2 fully saturated rings. The van der Waals surface area contributed by atoms with Crippen molar-refractivity contribution in [2.24, 2.45) is 0 Å². The number of anilines is 2. The second kappa shape index (κ2) is 14.1. The van der Waals surface area contributed by atoms with Gasteiger partial charge in [0, 0.05) is 52.4 Å². The monoisotopic (exact) mass is 594 g/mol. The first-order valence-corrected chi connectivity index (χ1v) is 13.4. The van der Waals surface area contributed by atoms with Gasteiger partial charge in [0.2, 0.25) is 0 Å². The molecule has 2 aromatic carbocycles. The van der Waals surface area contributed by atoms with Crippen LogP contribution in [0, 0.1) is 0 Å². The van der Waals surface area contributed by atoms with Crippen LogP contribution >= 0.6 is 0 Å². The molecule has 0 saturated carbocycles. The normalized spacial score (nSPS) is 17.2. The number of nitrogens with zero attached hydrogens (tertiary/aromatic N) is 4. The fraction of sp³-hybridized carbons (Fsp3) is 0.556. The highest BCUT2D eigenvalue weighted by molar-refractivity contribution is 5.65. The van der Waals surface area contributed by atoms with Crippen molar-refractivity contribution in [3.63, 3.8) is 0 Å². The Hall–Kier alpha value is -3.26. The van der Waals surface area contributed by atoms with Crippen LogP contribution in [0.3, 0.4) is 0 Å². The van der Waals surface area contributed by atoms with Gasteiger partial charge < -0.3 is 34.4 Å². The number of rotatable bonds is 7. The van der Waals surface area contributed by atoms with E-state index in [1.165, 1.54) is 12.1 Å². The Kier molecular flexibility index (Phi) is 11.1. The number of halogens is 6. The molecule has 2 aliphatic heterocycles. The first-order valence-electron chi connectivity index (χ1n) is 13.4. The highest BCUT2D eigenvalue weighted by atomic mass is 19.4. The molecule has 230 valence electrons. The minimum absolute atomic E-state index is 0.377. The number of phenols is 2. The van der Waals surface area contributed by atoms with Crippen molar-refractivity contribution in [1.29, 1.82) is 0 Å². The molecular weight excluding hydrogens is 558 g/mol. The van der Waals surface area contributed by atoms with Crippen molar-refractivity contribution in [3.05, 3.63) is 36.4 Å². The van der Waals surface area contributed by atoms with Gasteiger partial charge in [0.15, 0.2) is 23.0 Å². The average Bonchev–Trinajstić information content (AvgIpc) is 2.91. The summed E-state index contributed by atoms with van der Waals surface area (Å²) >= 11 is 0. The summed E-state index contributed by atoms with van der Waals surface area (Å²) in [5, 5.41) is 19.9. The van der Waals surface area contributed by atoms with Gasteiger partial charge in [-0.3, -0.25) is 4.90 Å². The molecule has 0 atom stereocenters. The van der Waals surface area contributed by atoms with E-state index in [2.05, 4.69) is 33.1 Å². The molecule has 4 rings (SSSR count). The maximum Gasteiger partial charge on any atom is 0.573 e. The summed E-state index contributed by atoms with van der Waals surface area (Å²) in [6, 6.07) is 8.32. The summed E-state index contributed by atoms with van der Waals surface area (Å²) in [5.41, 5.74) is 0.760. The lowest BCUT2D eigenvalue weighted by Crippen LogP contribution is -2.46. The molecule has 2 heterocycles. The molecule has 8 nitrogen and oxygen atoms in total. The highest BCUT2D eigenvalue weighted by Gasteiger charge is 2.34. The summed E-state index contributed by atoms with van der Waals surface area (Å²) < 4.78 is 81.2. The van der Waals surface area contributed by atoms with E-state index in [9.17, 15) is 36.6 Å². The molecule has 0 radical (unpaired) electrons. The Morgan fingerprint density at radius 1 is 0.634 bits per heavy atom. The Balaban J connectivity index is 0.000000226. The van der Waals surface area contributed by atoms with E-state index in [-0.39, 0.29) is 0 Å². The van der Waals surface area contributed by atoms with Crippen LogP contribution in [-0.4, -0.2) is 98.2 Å². The van der Waals surface area contributed by atoms with Crippen molar-refractivity contribution in [3.8, 4) is 23.0 Å². The number of piperazine rings is 2. The van der Waals surface area contributed by atoms with Crippen LogP contribution in [0.1, 0.15) is 20.3 Å². The van der Waals surface area contributed by atoms with Crippen molar-refractivity contribution in [2.75, 3.05) is 75.2 Å². The van der Waals surface area contributed by atoms with Gasteiger partial charge in [0.05, 0.1) is 11.4 Å². The summed E-state index contributed by atoms with van der Waals surface area (Å²) in [6.45, 7) is 12.1. The number of phenolic OH excluding ortho intramolecular Hbond substituents is 2. The molecule has 0 spiro atoms. The number of ether oxygens (including phenoxy) is 2. The highest BCUT2D eigenvalue weighted by Crippen LogP contribution is 2.40. The molecule has 2 saturated heterocycles. The van der Waals surface area contributed by atoms with Crippen LogP contribution < -0.4 is 19.3 Å². The SMILES string of the molecule is CCCN1CCN(c2cccc(OC(F)(F)F)c2O)CC1.CCN1CCN(c2cccc(OC(F)(F)F)c2O)CC1. The number of likely N-dealkylation sites (N-methyl/N-ethyl adjacent to an activating group) is 1. The maximum atomic E-state index is 12.3. The van der Waals surface area contributed by atoms with Gasteiger partial charge in [0.1, 0.15) is 0 Å². The zero-order valence-electron chi connectivity index (χ0n) is 23.0. The fourth-order valence-corrected chi connectivity index (χ4v) is 4.78. The van der Waals surface area contributed by atoms with E-state index in [1.54, 1.807) is 12.1 Å². The third-order valence-electron chi connectivity index (χ3n) is 6.82. The van der Waals surface area contributed by atoms with Crippen LogP contribution in [0.2, 0.25) is 0 Å². The first kappa shape index (κ1) is 32.3. The van der Waals surface area contributed by atoms with E-state index in [0.29, 0.717) is 37.6 Å². The second-order valence-corrected chi connectivity index (χ2v) is 9.59. The fourth-order valence-electron chi connectivity index (χ4n) is 4.78. The third kappa shape index (κ3) is 9.66. The number of hydrogen-bond acceptors (Lipinski definition) is 8. The topological polar surface area (TPSA) is 71.9 Å². The lowest BCUT2D eigenvalue weighted by atomic mass is 10.2. The molecule has 2 N–H and O–H groups in total. The van der Waals surface area contributed by atoms with Crippen LogP contribution in [0.5, 0.6) is 23.0 Å². The molecule has 0 bridgehead atoms. The second-order valence-electron chi connectivity index (χ2n) is 9.59. The number of hydrogen-bond donors (Lipinski definition) is 2. The number of alkyl halides is 6. The quantitative estimate of drug-likeness (QED) is 0.421. The van der Waals surface area contributed by atoms with Gasteiger partial charge >= 0.3 is 12.7 Å². The van der Waals surface area contributed by atoms with Crippen LogP contribution in [0.15, 0.2) is 36.4 Å². The smallest absolute Gasteiger partial charge is 0.503 e. The van der Waals surface area contributed by atoms with Crippen LogP contribution in [0.25, 0.3) is 0 Å². The summed E-state index contributed by atoms with van der Waals surface area (Å²) in [4.78, 5) is 8.28. The average molecular weight is 595 g/mol.